The predicted octanol–water partition coefficient (Wildman–Crippen LogP) is 2.26. The Balaban J connectivity index is 3.43. The molecule has 0 aromatic rings. The molecule has 10 heavy (non-hydrogen) atoms. The highest BCUT2D eigenvalue weighted by molar-refractivity contribution is 6.44. The fraction of sp³-hybridized carbons (Fsp3) is 0.800. The second kappa shape index (κ2) is 5.05. The van der Waals surface area contributed by atoms with E-state index in [9.17, 15) is 4.79 Å². The van der Waals surface area contributed by atoms with E-state index in [1.807, 2.05) is 0 Å². The van der Waals surface area contributed by atoms with Gasteiger partial charge in [0.2, 0.25) is 0 Å². The van der Waals surface area contributed by atoms with E-state index in [-0.39, 0.29) is 6.42 Å². The van der Waals surface area contributed by atoms with Gasteiger partial charge in [0, 0.05) is 5.38 Å². The highest BCUT2D eigenvalue weighted by Crippen LogP contribution is 2.16. The highest BCUT2D eigenvalue weighted by Gasteiger charge is 2.12. The van der Waals surface area contributed by atoms with Gasteiger partial charge in [0.05, 0.1) is 6.42 Å². The zero-order chi connectivity index (χ0) is 8.15. The third-order valence-corrected chi connectivity index (χ3v) is 1.52. The third kappa shape index (κ3) is 6.46. The number of carboxylic acids is 1. The molecule has 0 aromatic heterocycles. The van der Waals surface area contributed by atoms with Crippen LogP contribution in [0.5, 0.6) is 0 Å². The van der Waals surface area contributed by atoms with E-state index in [0.717, 1.165) is 0 Å². The molecule has 0 bridgehead atoms. The summed E-state index contributed by atoms with van der Waals surface area (Å²) in [7, 11) is 0. The molecule has 0 aliphatic heterocycles. The van der Waals surface area contributed by atoms with Crippen LogP contribution in [0.25, 0.3) is 0 Å². The SMILES string of the molecule is O=C(O)CC(Cl)CC(Cl)Cl. The quantitative estimate of drug-likeness (QED) is 0.715. The standard InChI is InChI=1S/C5H7Cl3O2/c6-3(1-4(7)8)2-5(9)10/h3-4H,1-2H2,(H,9,10). The Kier molecular flexibility index (Phi) is 5.22. The Morgan fingerprint density at radius 1 is 1.40 bits per heavy atom. The molecule has 0 rings (SSSR count). The number of hydrogen-bond acceptors (Lipinski definition) is 1. The first-order chi connectivity index (χ1) is 4.52. The maximum Gasteiger partial charge on any atom is 0.304 e. The molecule has 0 amide bonds. The van der Waals surface area contributed by atoms with Gasteiger partial charge in [0.1, 0.15) is 4.84 Å². The Bertz CT molecular complexity index is 115. The van der Waals surface area contributed by atoms with Gasteiger partial charge in [-0.05, 0) is 6.42 Å². The molecule has 0 aromatic carbocycles. The zero-order valence-electron chi connectivity index (χ0n) is 5.06. The fourth-order valence-corrected chi connectivity index (χ4v) is 1.39. The lowest BCUT2D eigenvalue weighted by Crippen LogP contribution is -2.09. The van der Waals surface area contributed by atoms with E-state index in [0.29, 0.717) is 6.42 Å². The second-order valence-corrected chi connectivity index (χ2v) is 3.72. The normalized spacial score (nSPS) is 13.6. The van der Waals surface area contributed by atoms with Crippen LogP contribution >= 0.6 is 34.8 Å². The number of carbonyl (C=O) groups is 1. The van der Waals surface area contributed by atoms with Crippen molar-refractivity contribution in [3.63, 3.8) is 0 Å². The molecule has 0 aliphatic carbocycles. The van der Waals surface area contributed by atoms with Crippen molar-refractivity contribution in [1.82, 2.24) is 0 Å². The topological polar surface area (TPSA) is 37.3 Å². The van der Waals surface area contributed by atoms with Crippen LogP contribution < -0.4 is 0 Å². The molecule has 0 aliphatic rings. The number of carboxylic acid groups (broad SMARTS) is 1. The number of hydrogen-bond donors (Lipinski definition) is 1. The Labute approximate surface area is 74.1 Å². The molecule has 0 spiro atoms. The lowest BCUT2D eigenvalue weighted by atomic mass is 10.2. The van der Waals surface area contributed by atoms with Gasteiger partial charge in [-0.2, -0.15) is 0 Å². The van der Waals surface area contributed by atoms with Crippen LogP contribution in [0.3, 0.4) is 0 Å². The van der Waals surface area contributed by atoms with E-state index >= 15 is 0 Å². The molecule has 2 nitrogen and oxygen atoms in total. The largest absolute Gasteiger partial charge is 0.481 e. The van der Waals surface area contributed by atoms with Crippen LogP contribution in [0, 0.1) is 0 Å². The van der Waals surface area contributed by atoms with E-state index in [1.54, 1.807) is 0 Å². The summed E-state index contributed by atoms with van der Waals surface area (Å²) in [5, 5.41) is 7.75. The van der Waals surface area contributed by atoms with Crippen molar-refractivity contribution >= 4 is 40.8 Å². The number of aliphatic carboxylic acids is 1. The molecule has 0 saturated carbocycles. The lowest BCUT2D eigenvalue weighted by molar-refractivity contribution is -0.137. The molecule has 0 heterocycles. The lowest BCUT2D eigenvalue weighted by Gasteiger charge is -2.05. The van der Waals surface area contributed by atoms with Crippen LogP contribution in [-0.4, -0.2) is 21.3 Å². The predicted molar refractivity (Wildman–Crippen MR) is 42.0 cm³/mol. The van der Waals surface area contributed by atoms with Crippen molar-refractivity contribution in [3.05, 3.63) is 0 Å². The Hall–Kier alpha value is 0.340. The van der Waals surface area contributed by atoms with Crippen molar-refractivity contribution in [2.45, 2.75) is 23.1 Å². The highest BCUT2D eigenvalue weighted by atomic mass is 35.5. The summed E-state index contributed by atoms with van der Waals surface area (Å²) in [5.41, 5.74) is 0. The van der Waals surface area contributed by atoms with Crippen molar-refractivity contribution in [2.24, 2.45) is 0 Å². The summed E-state index contributed by atoms with van der Waals surface area (Å²) in [6.07, 6.45) is 0.203. The van der Waals surface area contributed by atoms with Crippen molar-refractivity contribution in [2.75, 3.05) is 0 Å². The summed E-state index contributed by atoms with van der Waals surface area (Å²) in [6, 6.07) is 0. The minimum absolute atomic E-state index is 0.0997. The fourth-order valence-electron chi connectivity index (χ4n) is 0.466. The van der Waals surface area contributed by atoms with Gasteiger partial charge >= 0.3 is 5.97 Å². The maximum atomic E-state index is 10.0. The summed E-state index contributed by atoms with van der Waals surface area (Å²) in [5.74, 6) is -0.936. The summed E-state index contributed by atoms with van der Waals surface area (Å²) in [6.45, 7) is 0. The van der Waals surface area contributed by atoms with Crippen LogP contribution in [0.15, 0.2) is 0 Å². The van der Waals surface area contributed by atoms with Gasteiger partial charge in [-0.15, -0.1) is 34.8 Å². The molecule has 0 fully saturated rings. The molecule has 1 unspecified atom stereocenters. The van der Waals surface area contributed by atoms with Crippen LogP contribution in [0.1, 0.15) is 12.8 Å². The zero-order valence-corrected chi connectivity index (χ0v) is 7.33. The van der Waals surface area contributed by atoms with Crippen LogP contribution in [0.4, 0.5) is 0 Å². The van der Waals surface area contributed by atoms with Crippen molar-refractivity contribution < 1.29 is 9.90 Å². The monoisotopic (exact) mass is 204 g/mol. The van der Waals surface area contributed by atoms with Crippen molar-refractivity contribution in [1.29, 1.82) is 0 Å². The first-order valence-corrected chi connectivity index (χ1v) is 3.97. The maximum absolute atomic E-state index is 10.0. The average molecular weight is 205 g/mol. The van der Waals surface area contributed by atoms with Gasteiger partial charge in [0.25, 0.3) is 0 Å². The van der Waals surface area contributed by atoms with Crippen LogP contribution in [-0.2, 0) is 4.79 Å². The van der Waals surface area contributed by atoms with E-state index < -0.39 is 16.2 Å². The minimum Gasteiger partial charge on any atom is -0.481 e. The number of halogens is 3. The number of rotatable bonds is 4. The molecule has 0 radical (unpaired) electrons. The van der Waals surface area contributed by atoms with Gasteiger partial charge < -0.3 is 5.11 Å². The Morgan fingerprint density at radius 3 is 2.20 bits per heavy atom. The van der Waals surface area contributed by atoms with Gasteiger partial charge in [0.15, 0.2) is 0 Å². The van der Waals surface area contributed by atoms with E-state index in [4.69, 9.17) is 39.9 Å². The Morgan fingerprint density at radius 2 is 1.90 bits per heavy atom. The first kappa shape index (κ1) is 10.3. The van der Waals surface area contributed by atoms with Gasteiger partial charge in [-0.1, -0.05) is 0 Å². The third-order valence-electron chi connectivity index (χ3n) is 0.830. The minimum atomic E-state index is -0.936. The van der Waals surface area contributed by atoms with Crippen LogP contribution in [0.2, 0.25) is 0 Å². The van der Waals surface area contributed by atoms with E-state index in [1.165, 1.54) is 0 Å². The van der Waals surface area contributed by atoms with Crippen molar-refractivity contribution in [3.8, 4) is 0 Å². The second-order valence-electron chi connectivity index (χ2n) is 1.82. The summed E-state index contributed by atoms with van der Waals surface area (Å²) in [4.78, 5) is 9.44. The molecular formula is C5H7Cl3O2. The molecule has 5 heteroatoms. The molecule has 1 N–H and O–H groups in total. The molecule has 0 saturated heterocycles. The average Bonchev–Trinajstić information content (AvgIpc) is 1.58. The summed E-state index contributed by atoms with van der Waals surface area (Å²) < 4.78 is 0. The first-order valence-electron chi connectivity index (χ1n) is 2.66. The van der Waals surface area contributed by atoms with Gasteiger partial charge in [-0.25, -0.2) is 0 Å². The number of alkyl halides is 3. The molecule has 60 valence electrons. The summed E-state index contributed by atoms with van der Waals surface area (Å²) >= 11 is 16.2. The smallest absolute Gasteiger partial charge is 0.304 e. The van der Waals surface area contributed by atoms with Gasteiger partial charge in [-0.3, -0.25) is 4.79 Å². The molecular weight excluding hydrogens is 198 g/mol. The molecule has 1 atom stereocenters. The van der Waals surface area contributed by atoms with E-state index in [2.05, 4.69) is 0 Å².